The largest absolute Gasteiger partial charge is 0.375 e. The number of nitrogens with one attached hydrogen (secondary N) is 1. The van der Waals surface area contributed by atoms with Gasteiger partial charge in [0, 0.05) is 39.3 Å². The third-order valence-electron chi connectivity index (χ3n) is 6.38. The van der Waals surface area contributed by atoms with E-state index in [0.717, 1.165) is 65.3 Å². The zero-order valence-corrected chi connectivity index (χ0v) is 15.7. The standard InChI is InChI=1S/C21H31N3O2/c25-20(24-10-7-21(8-11-24)6-9-22-17-21)14-19-16-23(12-13-26-19)15-18-4-2-1-3-5-18/h1-5,19,22H,6-17H2. The van der Waals surface area contributed by atoms with Crippen molar-refractivity contribution in [1.82, 2.24) is 15.1 Å². The molecule has 3 heterocycles. The van der Waals surface area contributed by atoms with E-state index < -0.39 is 0 Å². The van der Waals surface area contributed by atoms with Crippen molar-refractivity contribution in [2.75, 3.05) is 45.9 Å². The summed E-state index contributed by atoms with van der Waals surface area (Å²) in [6.45, 7) is 7.56. The number of carbonyl (C=O) groups excluding carboxylic acids is 1. The van der Waals surface area contributed by atoms with Gasteiger partial charge >= 0.3 is 0 Å². The van der Waals surface area contributed by atoms with E-state index in [0.29, 0.717) is 11.8 Å². The second-order valence-electron chi connectivity index (χ2n) is 8.23. The van der Waals surface area contributed by atoms with Crippen LogP contribution in [0.25, 0.3) is 0 Å². The van der Waals surface area contributed by atoms with Gasteiger partial charge in [-0.05, 0) is 36.8 Å². The van der Waals surface area contributed by atoms with Crippen LogP contribution in [0.4, 0.5) is 0 Å². The van der Waals surface area contributed by atoms with Crippen LogP contribution in [-0.4, -0.2) is 67.7 Å². The number of ether oxygens (including phenoxy) is 1. The lowest BCUT2D eigenvalue weighted by atomic mass is 9.78. The molecular formula is C21H31N3O2. The first-order chi connectivity index (χ1) is 12.7. The number of hydrogen-bond acceptors (Lipinski definition) is 4. The van der Waals surface area contributed by atoms with Gasteiger partial charge in [-0.1, -0.05) is 30.3 Å². The Morgan fingerprint density at radius 3 is 2.69 bits per heavy atom. The minimum absolute atomic E-state index is 0.0315. The van der Waals surface area contributed by atoms with E-state index in [1.54, 1.807) is 0 Å². The Labute approximate surface area is 156 Å². The summed E-state index contributed by atoms with van der Waals surface area (Å²) in [5.41, 5.74) is 1.79. The SMILES string of the molecule is O=C(CC1CN(Cc2ccccc2)CCO1)N1CCC2(CCNC2)CC1. The molecule has 5 nitrogen and oxygen atoms in total. The maximum Gasteiger partial charge on any atom is 0.225 e. The first kappa shape index (κ1) is 18.0. The Kier molecular flexibility index (Phi) is 5.57. The molecule has 0 radical (unpaired) electrons. The molecule has 0 aliphatic carbocycles. The number of morpholine rings is 1. The summed E-state index contributed by atoms with van der Waals surface area (Å²) in [5.74, 6) is 0.275. The molecule has 1 amide bonds. The van der Waals surface area contributed by atoms with Crippen LogP contribution in [0.3, 0.4) is 0 Å². The van der Waals surface area contributed by atoms with Crippen molar-refractivity contribution in [3.63, 3.8) is 0 Å². The quantitative estimate of drug-likeness (QED) is 0.894. The minimum Gasteiger partial charge on any atom is -0.375 e. The molecule has 0 saturated carbocycles. The van der Waals surface area contributed by atoms with Gasteiger partial charge < -0.3 is 15.0 Å². The maximum absolute atomic E-state index is 12.7. The summed E-state index contributed by atoms with van der Waals surface area (Å²) < 4.78 is 5.90. The molecule has 3 saturated heterocycles. The van der Waals surface area contributed by atoms with Crippen molar-refractivity contribution < 1.29 is 9.53 Å². The zero-order chi connectivity index (χ0) is 17.8. The Hall–Kier alpha value is -1.43. The molecule has 1 atom stereocenters. The molecule has 1 aromatic rings. The highest BCUT2D eigenvalue weighted by molar-refractivity contribution is 5.76. The Balaban J connectivity index is 1.25. The molecule has 142 valence electrons. The second kappa shape index (κ2) is 8.07. The van der Waals surface area contributed by atoms with Crippen LogP contribution in [0.1, 0.15) is 31.2 Å². The van der Waals surface area contributed by atoms with Gasteiger partial charge in [0.15, 0.2) is 0 Å². The minimum atomic E-state index is 0.0315. The summed E-state index contributed by atoms with van der Waals surface area (Å²) >= 11 is 0. The molecule has 1 N–H and O–H groups in total. The molecule has 0 aromatic heterocycles. The third kappa shape index (κ3) is 4.27. The predicted molar refractivity (Wildman–Crippen MR) is 102 cm³/mol. The van der Waals surface area contributed by atoms with Crippen molar-refractivity contribution in [3.05, 3.63) is 35.9 Å². The second-order valence-corrected chi connectivity index (χ2v) is 8.23. The summed E-state index contributed by atoms with van der Waals surface area (Å²) in [5, 5.41) is 3.49. The van der Waals surface area contributed by atoms with Gasteiger partial charge in [-0.25, -0.2) is 0 Å². The van der Waals surface area contributed by atoms with Gasteiger partial charge in [-0.2, -0.15) is 0 Å². The van der Waals surface area contributed by atoms with Crippen LogP contribution in [0.15, 0.2) is 30.3 Å². The third-order valence-corrected chi connectivity index (χ3v) is 6.38. The highest BCUT2D eigenvalue weighted by atomic mass is 16.5. The summed E-state index contributed by atoms with van der Waals surface area (Å²) in [6.07, 6.45) is 4.13. The summed E-state index contributed by atoms with van der Waals surface area (Å²) in [4.78, 5) is 17.2. The Morgan fingerprint density at radius 1 is 1.15 bits per heavy atom. The first-order valence-corrected chi connectivity index (χ1v) is 10.1. The monoisotopic (exact) mass is 357 g/mol. The van der Waals surface area contributed by atoms with Crippen molar-refractivity contribution in [3.8, 4) is 0 Å². The summed E-state index contributed by atoms with van der Waals surface area (Å²) in [7, 11) is 0. The average molecular weight is 357 g/mol. The fourth-order valence-corrected chi connectivity index (χ4v) is 4.67. The number of amides is 1. The lowest BCUT2D eigenvalue weighted by Gasteiger charge is -2.40. The van der Waals surface area contributed by atoms with Gasteiger partial charge in [0.1, 0.15) is 0 Å². The van der Waals surface area contributed by atoms with Crippen LogP contribution in [0.5, 0.6) is 0 Å². The zero-order valence-electron chi connectivity index (χ0n) is 15.7. The maximum atomic E-state index is 12.7. The number of carbonyl (C=O) groups is 1. The molecule has 1 spiro atoms. The smallest absolute Gasteiger partial charge is 0.225 e. The van der Waals surface area contributed by atoms with Crippen molar-refractivity contribution in [1.29, 1.82) is 0 Å². The molecule has 5 heteroatoms. The molecule has 26 heavy (non-hydrogen) atoms. The number of rotatable bonds is 4. The normalized spacial score (nSPS) is 26.3. The van der Waals surface area contributed by atoms with E-state index in [4.69, 9.17) is 4.74 Å². The molecule has 1 unspecified atom stereocenters. The van der Waals surface area contributed by atoms with Crippen molar-refractivity contribution in [2.45, 2.75) is 38.3 Å². The highest BCUT2D eigenvalue weighted by Gasteiger charge is 2.38. The fraction of sp³-hybridized carbons (Fsp3) is 0.667. The van der Waals surface area contributed by atoms with E-state index in [1.165, 1.54) is 12.0 Å². The molecule has 3 aliphatic heterocycles. The number of hydrogen-bond donors (Lipinski definition) is 1. The average Bonchev–Trinajstić information content (AvgIpc) is 3.11. The van der Waals surface area contributed by atoms with Gasteiger partial charge in [-0.3, -0.25) is 9.69 Å². The number of likely N-dealkylation sites (tertiary alicyclic amines) is 1. The molecule has 0 bridgehead atoms. The van der Waals surface area contributed by atoms with E-state index in [2.05, 4.69) is 45.4 Å². The van der Waals surface area contributed by atoms with Gasteiger partial charge in [0.2, 0.25) is 5.91 Å². The molecule has 3 fully saturated rings. The van der Waals surface area contributed by atoms with E-state index >= 15 is 0 Å². The van der Waals surface area contributed by atoms with Crippen molar-refractivity contribution >= 4 is 5.91 Å². The first-order valence-electron chi connectivity index (χ1n) is 10.1. The fourth-order valence-electron chi connectivity index (χ4n) is 4.67. The van der Waals surface area contributed by atoms with Crippen LogP contribution >= 0.6 is 0 Å². The van der Waals surface area contributed by atoms with E-state index in [9.17, 15) is 4.79 Å². The number of benzene rings is 1. The van der Waals surface area contributed by atoms with Crippen LogP contribution in [0.2, 0.25) is 0 Å². The molecule has 1 aromatic carbocycles. The molecule has 4 rings (SSSR count). The topological polar surface area (TPSA) is 44.8 Å². The Morgan fingerprint density at radius 2 is 1.96 bits per heavy atom. The van der Waals surface area contributed by atoms with Crippen LogP contribution < -0.4 is 5.32 Å². The lowest BCUT2D eigenvalue weighted by Crippen LogP contribution is -2.47. The number of nitrogens with zero attached hydrogens (tertiary/aromatic N) is 2. The lowest BCUT2D eigenvalue weighted by molar-refractivity contribution is -0.138. The predicted octanol–water partition coefficient (Wildman–Crippen LogP) is 1.88. The number of piperidine rings is 1. The van der Waals surface area contributed by atoms with Crippen molar-refractivity contribution in [2.24, 2.45) is 5.41 Å². The van der Waals surface area contributed by atoms with Crippen LogP contribution in [0, 0.1) is 5.41 Å². The Bertz CT molecular complexity index is 591. The van der Waals surface area contributed by atoms with Crippen LogP contribution in [-0.2, 0) is 16.1 Å². The van der Waals surface area contributed by atoms with Gasteiger partial charge in [0.25, 0.3) is 0 Å². The molecular weight excluding hydrogens is 326 g/mol. The molecule has 3 aliphatic rings. The van der Waals surface area contributed by atoms with E-state index in [1.807, 2.05) is 0 Å². The van der Waals surface area contributed by atoms with E-state index in [-0.39, 0.29) is 12.0 Å². The van der Waals surface area contributed by atoms with Gasteiger partial charge in [-0.15, -0.1) is 0 Å². The summed E-state index contributed by atoms with van der Waals surface area (Å²) in [6, 6.07) is 10.5. The highest BCUT2D eigenvalue weighted by Crippen LogP contribution is 2.37. The van der Waals surface area contributed by atoms with Gasteiger partial charge in [0.05, 0.1) is 19.1 Å².